The highest BCUT2D eigenvalue weighted by molar-refractivity contribution is 7.88. The fourth-order valence-corrected chi connectivity index (χ4v) is 2.96. The number of ether oxygens (including phenoxy) is 2. The quantitative estimate of drug-likeness (QED) is 0.564. The van der Waals surface area contributed by atoms with Gasteiger partial charge in [0.05, 0.1) is 13.4 Å². The summed E-state index contributed by atoms with van der Waals surface area (Å²) in [4.78, 5) is 11.9. The van der Waals surface area contributed by atoms with Crippen molar-refractivity contribution in [2.24, 2.45) is 0 Å². The molecule has 2 aromatic rings. The maximum absolute atomic E-state index is 11.9. The van der Waals surface area contributed by atoms with Crippen LogP contribution in [0.5, 0.6) is 11.5 Å². The first-order chi connectivity index (χ1) is 13.8. The summed E-state index contributed by atoms with van der Waals surface area (Å²) in [5.41, 5.74) is 2.03. The molecular weight excluding hydrogens is 392 g/mol. The number of benzene rings is 2. The van der Waals surface area contributed by atoms with Crippen molar-refractivity contribution < 1.29 is 22.7 Å². The molecule has 0 aliphatic rings. The van der Waals surface area contributed by atoms with Crippen molar-refractivity contribution in [2.45, 2.75) is 19.4 Å². The van der Waals surface area contributed by atoms with Crippen LogP contribution in [-0.2, 0) is 27.8 Å². The summed E-state index contributed by atoms with van der Waals surface area (Å²) in [6.07, 6.45) is 2.87. The van der Waals surface area contributed by atoms with Crippen molar-refractivity contribution in [3.8, 4) is 11.5 Å². The molecule has 1 N–H and O–H groups in total. The molecule has 0 aliphatic heterocycles. The molecule has 0 radical (unpaired) electrons. The molecule has 0 fully saturated rings. The van der Waals surface area contributed by atoms with Gasteiger partial charge < -0.3 is 14.8 Å². The molecule has 0 bridgehead atoms. The van der Waals surface area contributed by atoms with E-state index in [2.05, 4.69) is 5.32 Å². The van der Waals surface area contributed by atoms with Crippen molar-refractivity contribution in [1.29, 1.82) is 0 Å². The Morgan fingerprint density at radius 1 is 1.00 bits per heavy atom. The van der Waals surface area contributed by atoms with E-state index >= 15 is 0 Å². The van der Waals surface area contributed by atoms with Gasteiger partial charge in [0.1, 0.15) is 11.5 Å². The molecule has 0 spiro atoms. The number of nitrogens with zero attached hydrogens (tertiary/aromatic N) is 1. The van der Waals surface area contributed by atoms with Crippen molar-refractivity contribution >= 4 is 15.9 Å². The van der Waals surface area contributed by atoms with Crippen LogP contribution in [-0.4, -0.2) is 52.2 Å². The van der Waals surface area contributed by atoms with Crippen LogP contribution in [0.3, 0.4) is 0 Å². The molecule has 0 saturated carbocycles. The van der Waals surface area contributed by atoms with Gasteiger partial charge in [0.25, 0.3) is 5.91 Å². The lowest BCUT2D eigenvalue weighted by molar-refractivity contribution is -0.123. The maximum atomic E-state index is 11.9. The Bertz CT molecular complexity index is 880. The van der Waals surface area contributed by atoms with Crippen LogP contribution >= 0.6 is 0 Å². The van der Waals surface area contributed by atoms with Crippen LogP contribution in [0.15, 0.2) is 48.5 Å². The van der Waals surface area contributed by atoms with E-state index in [9.17, 15) is 13.2 Å². The van der Waals surface area contributed by atoms with Gasteiger partial charge in [-0.05, 0) is 48.2 Å². The van der Waals surface area contributed by atoms with Crippen LogP contribution < -0.4 is 14.8 Å². The second kappa shape index (κ2) is 10.8. The first kappa shape index (κ1) is 22.7. The smallest absolute Gasteiger partial charge is 0.257 e. The minimum absolute atomic E-state index is 0.0644. The number of hydrogen-bond donors (Lipinski definition) is 1. The van der Waals surface area contributed by atoms with Crippen LogP contribution in [0.1, 0.15) is 17.5 Å². The highest BCUT2D eigenvalue weighted by atomic mass is 32.2. The minimum Gasteiger partial charge on any atom is -0.497 e. The zero-order chi connectivity index (χ0) is 21.3. The van der Waals surface area contributed by atoms with E-state index in [0.29, 0.717) is 12.3 Å². The van der Waals surface area contributed by atoms with Gasteiger partial charge in [-0.15, -0.1) is 0 Å². The molecule has 0 aromatic heterocycles. The number of rotatable bonds is 11. The van der Waals surface area contributed by atoms with E-state index < -0.39 is 10.0 Å². The maximum Gasteiger partial charge on any atom is 0.257 e. The number of sulfonamides is 1. The van der Waals surface area contributed by atoms with Crippen molar-refractivity contribution in [1.82, 2.24) is 9.62 Å². The lowest BCUT2D eigenvalue weighted by Crippen LogP contribution is -2.29. The molecule has 29 heavy (non-hydrogen) atoms. The fraction of sp³-hybridized carbons (Fsp3) is 0.381. The summed E-state index contributed by atoms with van der Waals surface area (Å²) in [5.74, 6) is 1.21. The summed E-state index contributed by atoms with van der Waals surface area (Å²) in [5, 5.41) is 2.84. The molecule has 0 aliphatic carbocycles. The standard InChI is InChI=1S/C21H28N2O5S/c1-23(29(3,25)26)15-18-8-12-20(13-9-18)28-16-21(24)22-14-4-5-17-6-10-19(27-2)11-7-17/h6-13H,4-5,14-16H2,1-3H3,(H,22,24). The number of carbonyl (C=O) groups is 1. The summed E-state index contributed by atoms with van der Waals surface area (Å²) in [6, 6.07) is 14.9. The second-order valence-electron chi connectivity index (χ2n) is 6.75. The van der Waals surface area contributed by atoms with Gasteiger partial charge in [0, 0.05) is 20.1 Å². The van der Waals surface area contributed by atoms with Gasteiger partial charge in [0.15, 0.2) is 6.61 Å². The average Bonchev–Trinajstić information content (AvgIpc) is 2.70. The van der Waals surface area contributed by atoms with E-state index in [-0.39, 0.29) is 19.1 Å². The molecule has 0 heterocycles. The zero-order valence-electron chi connectivity index (χ0n) is 17.1. The van der Waals surface area contributed by atoms with Gasteiger partial charge in [-0.25, -0.2) is 12.7 Å². The Kier molecular flexibility index (Phi) is 8.48. The zero-order valence-corrected chi connectivity index (χ0v) is 17.9. The van der Waals surface area contributed by atoms with Gasteiger partial charge in [-0.1, -0.05) is 24.3 Å². The van der Waals surface area contributed by atoms with E-state index in [4.69, 9.17) is 9.47 Å². The molecular formula is C21H28N2O5S. The predicted molar refractivity (Wildman–Crippen MR) is 113 cm³/mol. The van der Waals surface area contributed by atoms with Gasteiger partial charge in [-0.2, -0.15) is 0 Å². The molecule has 0 saturated heterocycles. The number of amides is 1. The third-order valence-electron chi connectivity index (χ3n) is 4.39. The van der Waals surface area contributed by atoms with Crippen LogP contribution in [0.2, 0.25) is 0 Å². The van der Waals surface area contributed by atoms with Crippen molar-refractivity contribution in [3.63, 3.8) is 0 Å². The summed E-state index contributed by atoms with van der Waals surface area (Å²) in [7, 11) is -0.0572. The number of methoxy groups -OCH3 is 1. The first-order valence-corrected chi connectivity index (χ1v) is 11.2. The first-order valence-electron chi connectivity index (χ1n) is 9.30. The largest absolute Gasteiger partial charge is 0.497 e. The Morgan fingerprint density at radius 2 is 1.59 bits per heavy atom. The fourth-order valence-electron chi connectivity index (χ4n) is 2.58. The van der Waals surface area contributed by atoms with E-state index in [1.807, 2.05) is 24.3 Å². The third kappa shape index (κ3) is 8.13. The number of hydrogen-bond acceptors (Lipinski definition) is 5. The highest BCUT2D eigenvalue weighted by Gasteiger charge is 2.11. The molecule has 0 unspecified atom stereocenters. The van der Waals surface area contributed by atoms with E-state index in [1.54, 1.807) is 31.4 Å². The summed E-state index contributed by atoms with van der Waals surface area (Å²) >= 11 is 0. The Balaban J connectivity index is 1.66. The Morgan fingerprint density at radius 3 is 2.17 bits per heavy atom. The van der Waals surface area contributed by atoms with E-state index in [1.165, 1.54) is 23.2 Å². The average molecular weight is 421 g/mol. The molecule has 2 aromatic carbocycles. The van der Waals surface area contributed by atoms with Crippen LogP contribution in [0.4, 0.5) is 0 Å². The van der Waals surface area contributed by atoms with Crippen LogP contribution in [0.25, 0.3) is 0 Å². The number of aryl methyl sites for hydroxylation is 1. The molecule has 1 amide bonds. The summed E-state index contributed by atoms with van der Waals surface area (Å²) < 4.78 is 34.8. The second-order valence-corrected chi connectivity index (χ2v) is 8.84. The molecule has 158 valence electrons. The minimum atomic E-state index is -3.22. The number of carbonyl (C=O) groups excluding carboxylic acids is 1. The Labute approximate surface area is 172 Å². The van der Waals surface area contributed by atoms with Gasteiger partial charge >= 0.3 is 0 Å². The third-order valence-corrected chi connectivity index (χ3v) is 5.65. The SMILES string of the molecule is COc1ccc(CCCNC(=O)COc2ccc(CN(C)S(C)(=O)=O)cc2)cc1. The van der Waals surface area contributed by atoms with Crippen LogP contribution in [0, 0.1) is 0 Å². The van der Waals surface area contributed by atoms with Gasteiger partial charge in [-0.3, -0.25) is 4.79 Å². The molecule has 8 heteroatoms. The molecule has 2 rings (SSSR count). The topological polar surface area (TPSA) is 84.9 Å². The normalized spacial score (nSPS) is 11.3. The van der Waals surface area contributed by atoms with Crippen molar-refractivity contribution in [3.05, 3.63) is 59.7 Å². The summed E-state index contributed by atoms with van der Waals surface area (Å²) in [6.45, 7) is 0.796. The van der Waals surface area contributed by atoms with E-state index in [0.717, 1.165) is 24.2 Å². The van der Waals surface area contributed by atoms with Crippen molar-refractivity contribution in [2.75, 3.05) is 33.6 Å². The highest BCUT2D eigenvalue weighted by Crippen LogP contribution is 2.14. The molecule has 0 atom stereocenters. The van der Waals surface area contributed by atoms with Gasteiger partial charge in [0.2, 0.25) is 10.0 Å². The number of nitrogens with one attached hydrogen (secondary N) is 1. The predicted octanol–water partition coefficient (Wildman–Crippen LogP) is 2.21. The molecule has 7 nitrogen and oxygen atoms in total. The monoisotopic (exact) mass is 420 g/mol. The Hall–Kier alpha value is -2.58. The lowest BCUT2D eigenvalue weighted by Gasteiger charge is -2.14. The lowest BCUT2D eigenvalue weighted by atomic mass is 10.1.